The van der Waals surface area contributed by atoms with Crippen molar-refractivity contribution < 1.29 is 0 Å². The fourth-order valence-electron chi connectivity index (χ4n) is 0.870. The van der Waals surface area contributed by atoms with E-state index in [4.69, 9.17) is 0 Å². The van der Waals surface area contributed by atoms with Crippen molar-refractivity contribution in [3.05, 3.63) is 0 Å². The Kier molecular flexibility index (Phi) is 4.99. The van der Waals surface area contributed by atoms with E-state index in [9.17, 15) is 0 Å². The van der Waals surface area contributed by atoms with Crippen molar-refractivity contribution in [3.63, 3.8) is 0 Å². The fourth-order valence-corrected chi connectivity index (χ4v) is 0.870. The summed E-state index contributed by atoms with van der Waals surface area (Å²) in [6, 6.07) is 0. The maximum atomic E-state index is 4.17. The van der Waals surface area contributed by atoms with Gasteiger partial charge in [0.15, 0.2) is 0 Å². The molecule has 0 aromatic carbocycles. The summed E-state index contributed by atoms with van der Waals surface area (Å²) in [7, 11) is 5.93. The van der Waals surface area contributed by atoms with Gasteiger partial charge < -0.3 is 4.90 Å². The molecule has 0 saturated carbocycles. The van der Waals surface area contributed by atoms with Crippen LogP contribution in [0.5, 0.6) is 0 Å². The van der Waals surface area contributed by atoms with E-state index in [1.807, 2.05) is 21.1 Å². The van der Waals surface area contributed by atoms with Crippen molar-refractivity contribution in [1.82, 2.24) is 4.90 Å². The average Bonchev–Trinajstić information content (AvgIpc) is 1.89. The second-order valence-electron chi connectivity index (χ2n) is 2.64. The van der Waals surface area contributed by atoms with E-state index in [0.717, 1.165) is 6.42 Å². The summed E-state index contributed by atoms with van der Waals surface area (Å²) in [6.07, 6.45) is 3.59. The maximum absolute atomic E-state index is 4.17. The predicted molar refractivity (Wildman–Crippen MR) is 46.6 cm³/mol. The highest BCUT2D eigenvalue weighted by atomic mass is 15.1. The molecular weight excluding hydrogens is 124 g/mol. The van der Waals surface area contributed by atoms with Gasteiger partial charge in [-0.25, -0.2) is 0 Å². The molecule has 60 valence electrons. The SMILES string of the molecule is CCCC/C(=N\C)N(C)C. The van der Waals surface area contributed by atoms with E-state index >= 15 is 0 Å². The topological polar surface area (TPSA) is 15.6 Å². The first-order valence-corrected chi connectivity index (χ1v) is 3.85. The van der Waals surface area contributed by atoms with Gasteiger partial charge in [0, 0.05) is 27.6 Å². The van der Waals surface area contributed by atoms with Crippen LogP contribution in [-0.4, -0.2) is 31.9 Å². The van der Waals surface area contributed by atoms with E-state index < -0.39 is 0 Å². The molecular formula is C8H18N2. The van der Waals surface area contributed by atoms with Crippen LogP contribution in [0.3, 0.4) is 0 Å². The van der Waals surface area contributed by atoms with Gasteiger partial charge in [0.05, 0.1) is 5.84 Å². The van der Waals surface area contributed by atoms with Crippen molar-refractivity contribution in [2.75, 3.05) is 21.1 Å². The Hall–Kier alpha value is -0.530. The quantitative estimate of drug-likeness (QED) is 0.433. The van der Waals surface area contributed by atoms with Gasteiger partial charge in [0.2, 0.25) is 0 Å². The highest BCUT2D eigenvalue weighted by molar-refractivity contribution is 5.81. The summed E-state index contributed by atoms with van der Waals surface area (Å²) in [6.45, 7) is 2.20. The van der Waals surface area contributed by atoms with E-state index in [1.165, 1.54) is 18.7 Å². The van der Waals surface area contributed by atoms with Gasteiger partial charge in [0.1, 0.15) is 0 Å². The maximum Gasteiger partial charge on any atom is 0.0980 e. The fraction of sp³-hybridized carbons (Fsp3) is 0.875. The van der Waals surface area contributed by atoms with Crippen LogP contribution < -0.4 is 0 Å². The number of unbranched alkanes of at least 4 members (excludes halogenated alkanes) is 1. The smallest absolute Gasteiger partial charge is 0.0980 e. The number of nitrogens with zero attached hydrogens (tertiary/aromatic N) is 2. The third kappa shape index (κ3) is 3.49. The Morgan fingerprint density at radius 3 is 2.30 bits per heavy atom. The first-order valence-electron chi connectivity index (χ1n) is 3.85. The molecule has 0 aliphatic heterocycles. The van der Waals surface area contributed by atoms with Gasteiger partial charge in [-0.15, -0.1) is 0 Å². The molecule has 0 atom stereocenters. The molecule has 0 unspecified atom stereocenters. The molecule has 2 heteroatoms. The number of hydrogen-bond acceptors (Lipinski definition) is 1. The van der Waals surface area contributed by atoms with Crippen molar-refractivity contribution in [2.45, 2.75) is 26.2 Å². The molecule has 0 aliphatic carbocycles. The number of hydrogen-bond donors (Lipinski definition) is 0. The average molecular weight is 142 g/mol. The number of rotatable bonds is 3. The molecule has 0 spiro atoms. The van der Waals surface area contributed by atoms with Crippen LogP contribution in [0.15, 0.2) is 4.99 Å². The molecule has 2 nitrogen and oxygen atoms in total. The van der Waals surface area contributed by atoms with E-state index in [0.29, 0.717) is 0 Å². The van der Waals surface area contributed by atoms with Gasteiger partial charge in [-0.05, 0) is 6.42 Å². The van der Waals surface area contributed by atoms with Crippen LogP contribution in [0.25, 0.3) is 0 Å². The number of aliphatic imine (C=N–C) groups is 1. The van der Waals surface area contributed by atoms with Crippen LogP contribution in [0.2, 0.25) is 0 Å². The van der Waals surface area contributed by atoms with Gasteiger partial charge in [0.25, 0.3) is 0 Å². The van der Waals surface area contributed by atoms with E-state index in [1.54, 1.807) is 0 Å². The Balaban J connectivity index is 3.63. The monoisotopic (exact) mass is 142 g/mol. The normalized spacial score (nSPS) is 11.8. The minimum atomic E-state index is 1.11. The highest BCUT2D eigenvalue weighted by Gasteiger charge is 1.97. The van der Waals surface area contributed by atoms with E-state index in [2.05, 4.69) is 16.8 Å². The molecule has 0 radical (unpaired) electrons. The van der Waals surface area contributed by atoms with Crippen LogP contribution >= 0.6 is 0 Å². The second kappa shape index (κ2) is 5.27. The zero-order valence-electron chi connectivity index (χ0n) is 7.52. The Bertz CT molecular complexity index is 106. The molecule has 0 aromatic rings. The van der Waals surface area contributed by atoms with Gasteiger partial charge in [-0.1, -0.05) is 13.3 Å². The predicted octanol–water partition coefficient (Wildman–Crippen LogP) is 1.77. The Labute approximate surface area is 63.9 Å². The molecule has 10 heavy (non-hydrogen) atoms. The molecule has 0 bridgehead atoms. The Morgan fingerprint density at radius 1 is 1.40 bits per heavy atom. The lowest BCUT2D eigenvalue weighted by atomic mass is 10.2. The summed E-state index contributed by atoms with van der Waals surface area (Å²) >= 11 is 0. The Morgan fingerprint density at radius 2 is 2.00 bits per heavy atom. The zero-order valence-corrected chi connectivity index (χ0v) is 7.52. The van der Waals surface area contributed by atoms with Crippen molar-refractivity contribution >= 4 is 5.84 Å². The van der Waals surface area contributed by atoms with Gasteiger partial charge >= 0.3 is 0 Å². The molecule has 0 heterocycles. The third-order valence-corrected chi connectivity index (χ3v) is 1.53. The second-order valence-corrected chi connectivity index (χ2v) is 2.64. The van der Waals surface area contributed by atoms with Crippen LogP contribution in [0.4, 0.5) is 0 Å². The van der Waals surface area contributed by atoms with E-state index in [-0.39, 0.29) is 0 Å². The molecule has 0 rings (SSSR count). The molecule has 0 amide bonds. The van der Waals surface area contributed by atoms with Crippen molar-refractivity contribution in [1.29, 1.82) is 0 Å². The number of amidine groups is 1. The molecule has 0 aliphatic rings. The zero-order chi connectivity index (χ0) is 7.98. The van der Waals surface area contributed by atoms with Gasteiger partial charge in [-0.2, -0.15) is 0 Å². The van der Waals surface area contributed by atoms with Crippen LogP contribution in [0, 0.1) is 0 Å². The molecule has 0 N–H and O–H groups in total. The minimum Gasteiger partial charge on any atom is -0.367 e. The lowest BCUT2D eigenvalue weighted by molar-refractivity contribution is 0.593. The first-order chi connectivity index (χ1) is 4.72. The summed E-state index contributed by atoms with van der Waals surface area (Å²) in [5.74, 6) is 1.20. The minimum absolute atomic E-state index is 1.11. The third-order valence-electron chi connectivity index (χ3n) is 1.53. The van der Waals surface area contributed by atoms with Crippen LogP contribution in [-0.2, 0) is 0 Å². The molecule has 0 fully saturated rings. The van der Waals surface area contributed by atoms with Crippen molar-refractivity contribution in [2.24, 2.45) is 4.99 Å². The molecule has 0 saturated heterocycles. The lowest BCUT2D eigenvalue weighted by Crippen LogP contribution is -2.21. The highest BCUT2D eigenvalue weighted by Crippen LogP contribution is 1.98. The summed E-state index contributed by atoms with van der Waals surface area (Å²) in [4.78, 5) is 6.25. The van der Waals surface area contributed by atoms with Crippen molar-refractivity contribution in [3.8, 4) is 0 Å². The summed E-state index contributed by atoms with van der Waals surface area (Å²) in [5.41, 5.74) is 0. The van der Waals surface area contributed by atoms with Gasteiger partial charge in [-0.3, -0.25) is 4.99 Å². The summed E-state index contributed by atoms with van der Waals surface area (Å²) in [5, 5.41) is 0. The largest absolute Gasteiger partial charge is 0.367 e. The first kappa shape index (κ1) is 9.47. The van der Waals surface area contributed by atoms with Crippen LogP contribution in [0.1, 0.15) is 26.2 Å². The summed E-state index contributed by atoms with van der Waals surface area (Å²) < 4.78 is 0. The molecule has 0 aromatic heterocycles. The lowest BCUT2D eigenvalue weighted by Gasteiger charge is -2.14. The standard InChI is InChI=1S/C8H18N2/c1-5-6-7-8(9-2)10(3)4/h5-7H2,1-4H3/b9-8+.